The van der Waals surface area contributed by atoms with E-state index in [2.05, 4.69) is 17.3 Å². The maximum Gasteiger partial charge on any atom is 0.0613 e. The molecule has 0 aromatic rings. The van der Waals surface area contributed by atoms with E-state index >= 15 is 0 Å². The summed E-state index contributed by atoms with van der Waals surface area (Å²) < 4.78 is 0. The predicted octanol–water partition coefficient (Wildman–Crippen LogP) is 1.22. The van der Waals surface area contributed by atoms with Gasteiger partial charge in [-0.15, -0.1) is 0 Å². The van der Waals surface area contributed by atoms with Crippen molar-refractivity contribution in [2.75, 3.05) is 33.3 Å². The molecule has 1 heterocycles. The van der Waals surface area contributed by atoms with Gasteiger partial charge in [-0.25, -0.2) is 0 Å². The number of nitrogens with one attached hydrogen (secondary N) is 1. The number of hydrogen-bond acceptors (Lipinski definition) is 3. The fourth-order valence-electron chi connectivity index (χ4n) is 3.24. The van der Waals surface area contributed by atoms with Crippen LogP contribution < -0.4 is 5.32 Å². The molecule has 1 unspecified atom stereocenters. The lowest BCUT2D eigenvalue weighted by molar-refractivity contribution is 0.142. The number of likely N-dealkylation sites (tertiary alicyclic amines) is 1. The summed E-state index contributed by atoms with van der Waals surface area (Å²) in [7, 11) is 2.21. The minimum Gasteiger partial charge on any atom is -0.394 e. The first kappa shape index (κ1) is 12.3. The molecule has 1 atom stereocenters. The molecule has 0 radical (unpaired) electrons. The topological polar surface area (TPSA) is 35.5 Å². The number of aliphatic hydroxyl groups is 1. The van der Waals surface area contributed by atoms with Gasteiger partial charge < -0.3 is 15.3 Å². The lowest BCUT2D eigenvalue weighted by Gasteiger charge is -2.34. The Labute approximate surface area is 99.2 Å². The van der Waals surface area contributed by atoms with Gasteiger partial charge in [0.2, 0.25) is 0 Å². The SMILES string of the molecule is CN1CCCC(CNC2(CO)CCCC2)C1. The fourth-order valence-corrected chi connectivity index (χ4v) is 3.24. The Bertz CT molecular complexity index is 214. The van der Waals surface area contributed by atoms with Crippen molar-refractivity contribution < 1.29 is 5.11 Å². The van der Waals surface area contributed by atoms with E-state index in [1.165, 1.54) is 38.8 Å². The molecule has 2 aliphatic rings. The molecule has 94 valence electrons. The minimum absolute atomic E-state index is 0.0655. The second-order valence-electron chi connectivity index (χ2n) is 5.80. The average molecular weight is 226 g/mol. The quantitative estimate of drug-likeness (QED) is 0.756. The highest BCUT2D eigenvalue weighted by molar-refractivity contribution is 4.93. The van der Waals surface area contributed by atoms with Crippen LogP contribution in [0.5, 0.6) is 0 Å². The molecule has 2 N–H and O–H groups in total. The molecule has 0 amide bonds. The van der Waals surface area contributed by atoms with E-state index in [0.29, 0.717) is 6.61 Å². The molecule has 2 rings (SSSR count). The van der Waals surface area contributed by atoms with E-state index < -0.39 is 0 Å². The number of rotatable bonds is 4. The normalized spacial score (nSPS) is 30.8. The molecule has 1 aliphatic carbocycles. The summed E-state index contributed by atoms with van der Waals surface area (Å²) in [5, 5.41) is 13.2. The molecule has 3 heteroatoms. The van der Waals surface area contributed by atoms with Crippen LogP contribution in [0.3, 0.4) is 0 Å². The minimum atomic E-state index is 0.0655. The summed E-state index contributed by atoms with van der Waals surface area (Å²) in [4.78, 5) is 2.43. The highest BCUT2D eigenvalue weighted by Gasteiger charge is 2.33. The molecule has 0 spiro atoms. The van der Waals surface area contributed by atoms with Crippen LogP contribution in [0.15, 0.2) is 0 Å². The Balaban J connectivity index is 1.77. The van der Waals surface area contributed by atoms with Crippen molar-refractivity contribution in [1.82, 2.24) is 10.2 Å². The van der Waals surface area contributed by atoms with Crippen LogP contribution in [-0.2, 0) is 0 Å². The zero-order valence-electron chi connectivity index (χ0n) is 10.5. The molecule has 1 saturated carbocycles. The van der Waals surface area contributed by atoms with Crippen molar-refractivity contribution in [2.45, 2.75) is 44.1 Å². The third-order valence-electron chi connectivity index (χ3n) is 4.35. The average Bonchev–Trinajstić information content (AvgIpc) is 2.76. The second kappa shape index (κ2) is 5.48. The number of nitrogens with zero attached hydrogens (tertiary/aromatic N) is 1. The van der Waals surface area contributed by atoms with Crippen LogP contribution in [0.1, 0.15) is 38.5 Å². The first-order chi connectivity index (χ1) is 7.74. The summed E-state index contributed by atoms with van der Waals surface area (Å²) in [5.41, 5.74) is 0.0655. The number of aliphatic hydroxyl groups excluding tert-OH is 1. The second-order valence-corrected chi connectivity index (χ2v) is 5.80. The first-order valence-corrected chi connectivity index (χ1v) is 6.78. The largest absolute Gasteiger partial charge is 0.394 e. The predicted molar refractivity (Wildman–Crippen MR) is 66.5 cm³/mol. The van der Waals surface area contributed by atoms with Gasteiger partial charge >= 0.3 is 0 Å². The maximum atomic E-state index is 9.53. The highest BCUT2D eigenvalue weighted by Crippen LogP contribution is 2.29. The third-order valence-corrected chi connectivity index (χ3v) is 4.35. The highest BCUT2D eigenvalue weighted by atomic mass is 16.3. The van der Waals surface area contributed by atoms with Crippen molar-refractivity contribution in [3.05, 3.63) is 0 Å². The van der Waals surface area contributed by atoms with Crippen molar-refractivity contribution in [3.8, 4) is 0 Å². The van der Waals surface area contributed by atoms with E-state index in [0.717, 1.165) is 25.3 Å². The van der Waals surface area contributed by atoms with E-state index in [1.54, 1.807) is 0 Å². The Morgan fingerprint density at radius 3 is 2.69 bits per heavy atom. The zero-order chi connectivity index (χ0) is 11.4. The fraction of sp³-hybridized carbons (Fsp3) is 1.00. The molecule has 1 saturated heterocycles. The third kappa shape index (κ3) is 2.96. The van der Waals surface area contributed by atoms with Crippen molar-refractivity contribution in [3.63, 3.8) is 0 Å². The first-order valence-electron chi connectivity index (χ1n) is 6.78. The molecular formula is C13H26N2O. The maximum absolute atomic E-state index is 9.53. The van der Waals surface area contributed by atoms with Crippen LogP contribution in [0.25, 0.3) is 0 Å². The Morgan fingerprint density at radius 2 is 2.06 bits per heavy atom. The summed E-state index contributed by atoms with van der Waals surface area (Å²) in [5.74, 6) is 0.780. The molecular weight excluding hydrogens is 200 g/mol. The Morgan fingerprint density at radius 1 is 1.31 bits per heavy atom. The summed E-state index contributed by atoms with van der Waals surface area (Å²) in [6.45, 7) is 3.87. The van der Waals surface area contributed by atoms with Crippen LogP contribution in [0.2, 0.25) is 0 Å². The van der Waals surface area contributed by atoms with Gasteiger partial charge in [0.25, 0.3) is 0 Å². The smallest absolute Gasteiger partial charge is 0.0613 e. The molecule has 0 bridgehead atoms. The molecule has 2 fully saturated rings. The van der Waals surface area contributed by atoms with Gasteiger partial charge in [-0.3, -0.25) is 0 Å². The van der Waals surface area contributed by atoms with E-state index in [1.807, 2.05) is 0 Å². The van der Waals surface area contributed by atoms with Crippen LogP contribution >= 0.6 is 0 Å². The van der Waals surface area contributed by atoms with Crippen molar-refractivity contribution >= 4 is 0 Å². The number of piperidine rings is 1. The van der Waals surface area contributed by atoms with Gasteiger partial charge in [-0.05, 0) is 51.7 Å². The van der Waals surface area contributed by atoms with Gasteiger partial charge in [0.15, 0.2) is 0 Å². The lowest BCUT2D eigenvalue weighted by Crippen LogP contribution is -2.49. The molecule has 1 aliphatic heterocycles. The van der Waals surface area contributed by atoms with Crippen molar-refractivity contribution in [2.24, 2.45) is 5.92 Å². The van der Waals surface area contributed by atoms with E-state index in [-0.39, 0.29) is 5.54 Å². The zero-order valence-corrected chi connectivity index (χ0v) is 10.5. The van der Waals surface area contributed by atoms with E-state index in [9.17, 15) is 5.11 Å². The van der Waals surface area contributed by atoms with Gasteiger partial charge in [-0.2, -0.15) is 0 Å². The number of hydrogen-bond donors (Lipinski definition) is 2. The summed E-state index contributed by atoms with van der Waals surface area (Å²) in [6, 6.07) is 0. The molecule has 0 aromatic carbocycles. The van der Waals surface area contributed by atoms with Crippen LogP contribution in [0.4, 0.5) is 0 Å². The standard InChI is InChI=1S/C13H26N2O/c1-15-8-4-5-12(10-15)9-14-13(11-16)6-2-3-7-13/h12,14,16H,2-11H2,1H3. The van der Waals surface area contributed by atoms with Crippen LogP contribution in [-0.4, -0.2) is 48.8 Å². The van der Waals surface area contributed by atoms with Gasteiger partial charge in [-0.1, -0.05) is 12.8 Å². The van der Waals surface area contributed by atoms with Gasteiger partial charge in [0.1, 0.15) is 0 Å². The Hall–Kier alpha value is -0.120. The van der Waals surface area contributed by atoms with E-state index in [4.69, 9.17) is 0 Å². The van der Waals surface area contributed by atoms with Gasteiger partial charge in [0.05, 0.1) is 6.61 Å². The monoisotopic (exact) mass is 226 g/mol. The van der Waals surface area contributed by atoms with Gasteiger partial charge in [0, 0.05) is 12.1 Å². The van der Waals surface area contributed by atoms with Crippen molar-refractivity contribution in [1.29, 1.82) is 0 Å². The Kier molecular flexibility index (Phi) is 4.22. The lowest BCUT2D eigenvalue weighted by atomic mass is 9.94. The summed E-state index contributed by atoms with van der Waals surface area (Å²) in [6.07, 6.45) is 7.54. The van der Waals surface area contributed by atoms with Crippen LogP contribution in [0, 0.1) is 5.92 Å². The summed E-state index contributed by atoms with van der Waals surface area (Å²) >= 11 is 0. The molecule has 16 heavy (non-hydrogen) atoms. The molecule has 3 nitrogen and oxygen atoms in total. The molecule has 0 aromatic heterocycles.